The minimum absolute atomic E-state index is 0.00454. The zero-order valence-electron chi connectivity index (χ0n) is 28.7. The maximum atomic E-state index is 15.2. The molecule has 10 heteroatoms. The summed E-state index contributed by atoms with van der Waals surface area (Å²) in [6.07, 6.45) is 5.99. The Morgan fingerprint density at radius 2 is 1.78 bits per heavy atom. The molecule has 1 atom stereocenters. The van der Waals surface area contributed by atoms with E-state index in [-0.39, 0.29) is 28.9 Å². The first-order valence-electron chi connectivity index (χ1n) is 16.9. The molecular weight excluding hydrogens is 621 g/mol. The molecule has 0 saturated carbocycles. The first kappa shape index (κ1) is 32.6. The van der Waals surface area contributed by atoms with Crippen LogP contribution in [0.25, 0.3) is 16.7 Å². The zero-order chi connectivity index (χ0) is 34.4. The van der Waals surface area contributed by atoms with Gasteiger partial charge in [-0.25, -0.2) is 14.2 Å². The molecule has 0 radical (unpaired) electrons. The second-order valence-corrected chi connectivity index (χ2v) is 13.2. The normalized spacial score (nSPS) is 15.8. The fourth-order valence-electron chi connectivity index (χ4n) is 7.88. The molecule has 0 amide bonds. The van der Waals surface area contributed by atoms with Gasteiger partial charge in [-0.3, -0.25) is 14.3 Å². The van der Waals surface area contributed by atoms with Crippen LogP contribution in [-0.4, -0.2) is 58.8 Å². The van der Waals surface area contributed by atoms with Crippen molar-refractivity contribution in [2.45, 2.75) is 51.6 Å². The predicted molar refractivity (Wildman–Crippen MR) is 188 cm³/mol. The molecule has 49 heavy (non-hydrogen) atoms. The number of nitrogens with zero attached hydrogens (tertiary/aromatic N) is 5. The van der Waals surface area contributed by atoms with Gasteiger partial charge in [0, 0.05) is 60.9 Å². The Kier molecular flexibility index (Phi) is 8.75. The summed E-state index contributed by atoms with van der Waals surface area (Å²) < 4.78 is 29.2. The summed E-state index contributed by atoms with van der Waals surface area (Å²) in [6, 6.07) is 17.3. The number of carbonyl (C=O) groups excluding carboxylic acids is 1. The van der Waals surface area contributed by atoms with E-state index in [0.717, 1.165) is 84.0 Å². The van der Waals surface area contributed by atoms with Crippen LogP contribution in [0.5, 0.6) is 5.75 Å². The number of hydrogen-bond donors (Lipinski definition) is 0. The number of halogens is 1. The lowest BCUT2D eigenvalue weighted by Gasteiger charge is -2.37. The first-order chi connectivity index (χ1) is 23.7. The van der Waals surface area contributed by atoms with Gasteiger partial charge in [0.25, 0.3) is 5.56 Å². The Hall–Kier alpha value is -4.96. The number of esters is 1. The number of aromatic nitrogens is 3. The summed E-state index contributed by atoms with van der Waals surface area (Å²) >= 11 is 0. The minimum Gasteiger partial charge on any atom is -0.497 e. The Labute approximate surface area is 285 Å². The van der Waals surface area contributed by atoms with Crippen molar-refractivity contribution in [1.29, 1.82) is 0 Å². The molecule has 0 bridgehead atoms. The quantitative estimate of drug-likeness (QED) is 0.176. The number of anilines is 1. The number of fused-ring (bicyclic) bond motifs is 2. The highest BCUT2D eigenvalue weighted by Crippen LogP contribution is 2.37. The van der Waals surface area contributed by atoms with Gasteiger partial charge in [0.2, 0.25) is 0 Å². The van der Waals surface area contributed by atoms with E-state index >= 15 is 4.39 Å². The van der Waals surface area contributed by atoms with E-state index in [2.05, 4.69) is 45.6 Å². The molecule has 5 aromatic rings. The zero-order valence-corrected chi connectivity index (χ0v) is 28.7. The van der Waals surface area contributed by atoms with Crippen molar-refractivity contribution in [3.8, 4) is 11.4 Å². The number of methoxy groups -OCH3 is 2. The Morgan fingerprint density at radius 1 is 1.02 bits per heavy atom. The van der Waals surface area contributed by atoms with Gasteiger partial charge in [-0.05, 0) is 111 Å². The van der Waals surface area contributed by atoms with Crippen LogP contribution in [0.15, 0.2) is 71.8 Å². The second kappa shape index (κ2) is 13.2. The summed E-state index contributed by atoms with van der Waals surface area (Å²) in [4.78, 5) is 35.4. The van der Waals surface area contributed by atoms with E-state index in [4.69, 9.17) is 14.5 Å². The van der Waals surface area contributed by atoms with Crippen LogP contribution in [0.2, 0.25) is 0 Å². The molecule has 254 valence electrons. The van der Waals surface area contributed by atoms with Crippen molar-refractivity contribution in [2.24, 2.45) is 7.05 Å². The van der Waals surface area contributed by atoms with Crippen LogP contribution in [0.1, 0.15) is 70.0 Å². The summed E-state index contributed by atoms with van der Waals surface area (Å²) in [7, 11) is 5.00. The topological polar surface area (TPSA) is 81.8 Å². The monoisotopic (exact) mass is 663 g/mol. The average molecular weight is 664 g/mol. The summed E-state index contributed by atoms with van der Waals surface area (Å²) in [6.45, 7) is 7.20. The fraction of sp³-hybridized carbons (Fsp3) is 0.359. The molecule has 7 rings (SSSR count). The molecule has 1 unspecified atom stereocenters. The number of likely N-dealkylation sites (tertiary alicyclic amines) is 1. The van der Waals surface area contributed by atoms with E-state index in [1.807, 2.05) is 38.4 Å². The van der Waals surface area contributed by atoms with Gasteiger partial charge < -0.3 is 18.9 Å². The molecule has 0 N–H and O–H groups in total. The number of aryl methyl sites for hydroxylation is 2. The first-order valence-corrected chi connectivity index (χ1v) is 16.9. The Morgan fingerprint density at radius 3 is 2.47 bits per heavy atom. The Bertz CT molecular complexity index is 2070. The molecule has 3 aromatic heterocycles. The predicted octanol–water partition coefficient (Wildman–Crippen LogP) is 6.47. The number of hydrogen-bond acceptors (Lipinski definition) is 7. The summed E-state index contributed by atoms with van der Waals surface area (Å²) in [5.41, 5.74) is 7.47. The molecule has 1 saturated heterocycles. The highest BCUT2D eigenvalue weighted by molar-refractivity contribution is 5.89. The van der Waals surface area contributed by atoms with Gasteiger partial charge in [-0.2, -0.15) is 0 Å². The number of benzene rings is 2. The van der Waals surface area contributed by atoms with Crippen LogP contribution in [0, 0.1) is 12.7 Å². The number of piperidine rings is 1. The van der Waals surface area contributed by atoms with Crippen LogP contribution in [0.3, 0.4) is 0 Å². The van der Waals surface area contributed by atoms with Crippen molar-refractivity contribution in [2.75, 3.05) is 38.8 Å². The van der Waals surface area contributed by atoms with Gasteiger partial charge in [0.05, 0.1) is 25.5 Å². The molecular formula is C39H42FN5O4. The van der Waals surface area contributed by atoms with Crippen molar-refractivity contribution in [3.05, 3.63) is 117 Å². The molecule has 2 aliphatic rings. The van der Waals surface area contributed by atoms with Crippen LogP contribution in [-0.2, 0) is 24.8 Å². The minimum atomic E-state index is -0.529. The van der Waals surface area contributed by atoms with Crippen molar-refractivity contribution in [3.63, 3.8) is 0 Å². The Balaban J connectivity index is 1.11. The summed E-state index contributed by atoms with van der Waals surface area (Å²) in [5, 5.41) is 0.931. The van der Waals surface area contributed by atoms with E-state index in [1.54, 1.807) is 23.9 Å². The largest absolute Gasteiger partial charge is 0.497 e. The van der Waals surface area contributed by atoms with Gasteiger partial charge in [-0.1, -0.05) is 12.1 Å². The number of carbonyl (C=O) groups is 1. The third-order valence-corrected chi connectivity index (χ3v) is 10.5. The average Bonchev–Trinajstić information content (AvgIpc) is 3.69. The molecule has 5 heterocycles. The molecule has 0 spiro atoms. The number of rotatable bonds is 8. The lowest BCUT2D eigenvalue weighted by Crippen LogP contribution is -2.36. The SMILES string of the molecule is COC(=O)c1cc(C)c(C2CCN(C(C)c3cc4c(-n5ccc6c(c5=O)CCN6Cc5ccc(OC)cc5)ccnc4n3C)CC2)c(F)c1. The third-order valence-electron chi connectivity index (χ3n) is 10.5. The third kappa shape index (κ3) is 5.88. The highest BCUT2D eigenvalue weighted by Gasteiger charge is 2.30. The molecule has 2 aromatic carbocycles. The molecule has 0 aliphatic carbocycles. The fourth-order valence-corrected chi connectivity index (χ4v) is 7.88. The lowest BCUT2D eigenvalue weighted by atomic mass is 9.85. The molecule has 9 nitrogen and oxygen atoms in total. The van der Waals surface area contributed by atoms with E-state index < -0.39 is 5.97 Å². The maximum absolute atomic E-state index is 15.2. The summed E-state index contributed by atoms with van der Waals surface area (Å²) in [5.74, 6) is 0.0339. The standard InChI is InChI=1S/C39H42FN5O4/c1-24-20-28(39(47)49-5)21-32(40)36(24)27-11-16-43(17-12-27)25(2)35-22-31-34(10-15-41-37(31)42(35)3)45-19-14-33-30(38(45)46)13-18-44(33)23-26-6-8-29(48-4)9-7-26/h6-10,14-15,19-22,25,27H,11-13,16-18,23H2,1-5H3. The number of pyridine rings is 2. The van der Waals surface area contributed by atoms with Gasteiger partial charge in [0.1, 0.15) is 17.2 Å². The van der Waals surface area contributed by atoms with Crippen LogP contribution < -0.4 is 15.2 Å². The second-order valence-electron chi connectivity index (χ2n) is 13.2. The van der Waals surface area contributed by atoms with Crippen molar-refractivity contribution in [1.82, 2.24) is 19.0 Å². The van der Waals surface area contributed by atoms with E-state index in [1.165, 1.54) is 18.7 Å². The van der Waals surface area contributed by atoms with Crippen LogP contribution in [0.4, 0.5) is 10.1 Å². The van der Waals surface area contributed by atoms with Gasteiger partial charge in [0.15, 0.2) is 0 Å². The van der Waals surface area contributed by atoms with E-state index in [9.17, 15) is 9.59 Å². The lowest BCUT2D eigenvalue weighted by molar-refractivity contribution is 0.0600. The molecule has 2 aliphatic heterocycles. The van der Waals surface area contributed by atoms with Gasteiger partial charge in [-0.15, -0.1) is 0 Å². The van der Waals surface area contributed by atoms with Crippen molar-refractivity contribution < 1.29 is 18.7 Å². The van der Waals surface area contributed by atoms with Crippen molar-refractivity contribution >= 4 is 22.7 Å². The van der Waals surface area contributed by atoms with Gasteiger partial charge >= 0.3 is 5.97 Å². The smallest absolute Gasteiger partial charge is 0.337 e. The van der Waals surface area contributed by atoms with E-state index in [0.29, 0.717) is 12.0 Å². The highest BCUT2D eigenvalue weighted by atomic mass is 19.1. The van der Waals surface area contributed by atoms with Crippen LogP contribution >= 0.6 is 0 Å². The number of ether oxygens (including phenoxy) is 2. The molecule has 1 fully saturated rings. The maximum Gasteiger partial charge on any atom is 0.337 e.